The zero-order chi connectivity index (χ0) is 12.4. The first-order valence-electron chi connectivity index (χ1n) is 5.52. The van der Waals surface area contributed by atoms with Crippen LogP contribution in [0.4, 0.5) is 0 Å². The molecule has 3 heterocycles. The van der Waals surface area contributed by atoms with Crippen LogP contribution in [0.2, 0.25) is 0 Å². The van der Waals surface area contributed by atoms with Crippen molar-refractivity contribution >= 4 is 17.3 Å². The summed E-state index contributed by atoms with van der Waals surface area (Å²) in [6, 6.07) is 5.66. The van der Waals surface area contributed by atoms with Gasteiger partial charge in [0, 0.05) is 29.5 Å². The fraction of sp³-hybridized carbons (Fsp3) is 0.0769. The smallest absolute Gasteiger partial charge is 0.158 e. The molecule has 0 aromatic carbocycles. The van der Waals surface area contributed by atoms with Gasteiger partial charge in [-0.15, -0.1) is 0 Å². The molecule has 3 rings (SSSR count). The summed E-state index contributed by atoms with van der Waals surface area (Å²) in [7, 11) is 0. The zero-order valence-electron chi connectivity index (χ0n) is 9.52. The van der Waals surface area contributed by atoms with Crippen molar-refractivity contribution in [3.63, 3.8) is 0 Å². The van der Waals surface area contributed by atoms with Crippen LogP contribution in [0, 0.1) is 0 Å². The molecule has 0 amide bonds. The quantitative estimate of drug-likeness (QED) is 0.651. The van der Waals surface area contributed by atoms with E-state index in [-0.39, 0.29) is 0 Å². The van der Waals surface area contributed by atoms with Gasteiger partial charge in [-0.2, -0.15) is 5.10 Å². The van der Waals surface area contributed by atoms with E-state index in [1.165, 1.54) is 0 Å². The summed E-state index contributed by atoms with van der Waals surface area (Å²) in [5.74, 6) is 0. The molecule has 5 nitrogen and oxygen atoms in total. The minimum absolute atomic E-state index is 0.561. The first kappa shape index (κ1) is 10.6. The lowest BCUT2D eigenvalue weighted by Gasteiger charge is -2.02. The number of rotatable bonds is 3. The van der Waals surface area contributed by atoms with E-state index in [0.717, 1.165) is 22.9 Å². The molecule has 0 aliphatic heterocycles. The summed E-state index contributed by atoms with van der Waals surface area (Å²) in [5, 5.41) is 5.15. The number of carbonyl (C=O) groups excluding carboxylic acids is 1. The number of hydrogen-bond acceptors (Lipinski definition) is 4. The molecule has 0 fully saturated rings. The van der Waals surface area contributed by atoms with E-state index in [1.54, 1.807) is 35.5 Å². The maximum atomic E-state index is 10.7. The lowest BCUT2D eigenvalue weighted by Crippen LogP contribution is -2.02. The van der Waals surface area contributed by atoms with Gasteiger partial charge in [-0.05, 0) is 23.8 Å². The SMILES string of the molecule is O=Cc1cnc2c(cnn2Cc2ccncc2)c1. The van der Waals surface area contributed by atoms with Crippen molar-refractivity contribution in [3.8, 4) is 0 Å². The van der Waals surface area contributed by atoms with Gasteiger partial charge in [0.15, 0.2) is 11.9 Å². The summed E-state index contributed by atoms with van der Waals surface area (Å²) in [4.78, 5) is 18.9. The highest BCUT2D eigenvalue weighted by molar-refractivity contribution is 5.83. The van der Waals surface area contributed by atoms with E-state index >= 15 is 0 Å². The second kappa shape index (κ2) is 4.37. The molecule has 0 aliphatic rings. The summed E-state index contributed by atoms with van der Waals surface area (Å²) < 4.78 is 1.80. The minimum atomic E-state index is 0.561. The first-order valence-corrected chi connectivity index (χ1v) is 5.52. The van der Waals surface area contributed by atoms with E-state index in [2.05, 4.69) is 15.1 Å². The van der Waals surface area contributed by atoms with Crippen molar-refractivity contribution < 1.29 is 4.79 Å². The third kappa shape index (κ3) is 1.86. The highest BCUT2D eigenvalue weighted by atomic mass is 16.1. The monoisotopic (exact) mass is 238 g/mol. The van der Waals surface area contributed by atoms with Gasteiger partial charge in [0.2, 0.25) is 0 Å². The van der Waals surface area contributed by atoms with Crippen LogP contribution < -0.4 is 0 Å². The van der Waals surface area contributed by atoms with Crippen molar-refractivity contribution in [1.82, 2.24) is 19.7 Å². The van der Waals surface area contributed by atoms with Gasteiger partial charge in [0.1, 0.15) is 0 Å². The molecule has 0 N–H and O–H groups in total. The van der Waals surface area contributed by atoms with Crippen LogP contribution in [-0.4, -0.2) is 26.0 Å². The Morgan fingerprint density at radius 1 is 1.22 bits per heavy atom. The third-order valence-electron chi connectivity index (χ3n) is 2.71. The highest BCUT2D eigenvalue weighted by Crippen LogP contribution is 2.13. The molecule has 3 aromatic rings. The highest BCUT2D eigenvalue weighted by Gasteiger charge is 2.05. The second-order valence-electron chi connectivity index (χ2n) is 3.96. The molecule has 18 heavy (non-hydrogen) atoms. The van der Waals surface area contributed by atoms with Gasteiger partial charge in [-0.3, -0.25) is 9.78 Å². The number of hydrogen-bond donors (Lipinski definition) is 0. The number of aldehydes is 1. The Morgan fingerprint density at radius 3 is 2.83 bits per heavy atom. The standard InChI is InChI=1S/C13H10N4O/c18-9-11-5-12-7-16-17(13(12)15-6-11)8-10-1-3-14-4-2-10/h1-7,9H,8H2. The lowest BCUT2D eigenvalue weighted by molar-refractivity contribution is 0.112. The predicted octanol–water partition coefficient (Wildman–Crippen LogP) is 1.69. The Labute approximate surface area is 103 Å². The van der Waals surface area contributed by atoms with Crippen LogP contribution in [0.25, 0.3) is 11.0 Å². The van der Waals surface area contributed by atoms with E-state index in [0.29, 0.717) is 12.1 Å². The van der Waals surface area contributed by atoms with E-state index in [9.17, 15) is 4.79 Å². The molecule has 0 unspecified atom stereocenters. The Bertz CT molecular complexity index is 691. The van der Waals surface area contributed by atoms with Crippen LogP contribution in [0.3, 0.4) is 0 Å². The summed E-state index contributed by atoms with van der Waals surface area (Å²) in [6.07, 6.45) is 7.56. The van der Waals surface area contributed by atoms with Gasteiger partial charge in [-0.1, -0.05) is 0 Å². The normalized spacial score (nSPS) is 10.7. The summed E-state index contributed by atoms with van der Waals surface area (Å²) >= 11 is 0. The molecule has 0 aliphatic carbocycles. The third-order valence-corrected chi connectivity index (χ3v) is 2.71. The lowest BCUT2D eigenvalue weighted by atomic mass is 10.2. The Morgan fingerprint density at radius 2 is 2.06 bits per heavy atom. The largest absolute Gasteiger partial charge is 0.298 e. The topological polar surface area (TPSA) is 60.7 Å². The average molecular weight is 238 g/mol. The molecule has 0 radical (unpaired) electrons. The first-order chi connectivity index (χ1) is 8.86. The molecule has 0 bridgehead atoms. The Hall–Kier alpha value is -2.56. The molecule has 3 aromatic heterocycles. The van der Waals surface area contributed by atoms with Crippen molar-refractivity contribution in [2.24, 2.45) is 0 Å². The van der Waals surface area contributed by atoms with E-state index in [4.69, 9.17) is 0 Å². The van der Waals surface area contributed by atoms with E-state index in [1.807, 2.05) is 12.1 Å². The summed E-state index contributed by atoms with van der Waals surface area (Å²) in [5.41, 5.74) is 2.44. The van der Waals surface area contributed by atoms with Crippen LogP contribution in [0.1, 0.15) is 15.9 Å². The average Bonchev–Trinajstić information content (AvgIpc) is 2.82. The molecule has 5 heteroatoms. The Balaban J connectivity index is 2.00. The maximum absolute atomic E-state index is 10.7. The molecular formula is C13H10N4O. The van der Waals surface area contributed by atoms with Gasteiger partial charge in [0.05, 0.1) is 12.7 Å². The van der Waals surface area contributed by atoms with Crippen molar-refractivity contribution in [2.45, 2.75) is 6.54 Å². The molecule has 0 atom stereocenters. The second-order valence-corrected chi connectivity index (χ2v) is 3.96. The van der Waals surface area contributed by atoms with Crippen LogP contribution in [-0.2, 0) is 6.54 Å². The van der Waals surface area contributed by atoms with Crippen LogP contribution in [0.15, 0.2) is 43.0 Å². The zero-order valence-corrected chi connectivity index (χ0v) is 9.52. The van der Waals surface area contributed by atoms with Gasteiger partial charge < -0.3 is 0 Å². The number of aromatic nitrogens is 4. The fourth-order valence-corrected chi connectivity index (χ4v) is 1.83. The fourth-order valence-electron chi connectivity index (χ4n) is 1.83. The Kier molecular flexibility index (Phi) is 2.57. The molecule has 0 saturated heterocycles. The van der Waals surface area contributed by atoms with Crippen LogP contribution in [0.5, 0.6) is 0 Å². The number of carbonyl (C=O) groups is 1. The minimum Gasteiger partial charge on any atom is -0.298 e. The van der Waals surface area contributed by atoms with E-state index < -0.39 is 0 Å². The van der Waals surface area contributed by atoms with Gasteiger partial charge in [-0.25, -0.2) is 9.67 Å². The maximum Gasteiger partial charge on any atom is 0.158 e. The number of fused-ring (bicyclic) bond motifs is 1. The molecule has 0 spiro atoms. The van der Waals surface area contributed by atoms with Crippen molar-refractivity contribution in [3.05, 3.63) is 54.1 Å². The van der Waals surface area contributed by atoms with Crippen LogP contribution >= 0.6 is 0 Å². The molecule has 0 saturated carbocycles. The molecular weight excluding hydrogens is 228 g/mol. The van der Waals surface area contributed by atoms with Crippen molar-refractivity contribution in [2.75, 3.05) is 0 Å². The number of nitrogens with zero attached hydrogens (tertiary/aromatic N) is 4. The molecule has 88 valence electrons. The predicted molar refractivity (Wildman–Crippen MR) is 66.3 cm³/mol. The number of pyridine rings is 2. The summed E-state index contributed by atoms with van der Waals surface area (Å²) in [6.45, 7) is 0.638. The van der Waals surface area contributed by atoms with Gasteiger partial charge in [0.25, 0.3) is 0 Å². The van der Waals surface area contributed by atoms with Crippen molar-refractivity contribution in [1.29, 1.82) is 0 Å². The van der Waals surface area contributed by atoms with Gasteiger partial charge >= 0.3 is 0 Å².